The maximum atomic E-state index is 12.9. The second-order valence-corrected chi connectivity index (χ2v) is 3.90. The fraction of sp³-hybridized carbons (Fsp3) is 0.417. The van der Waals surface area contributed by atoms with Crippen LogP contribution in [0.5, 0.6) is 0 Å². The Kier molecular flexibility index (Phi) is 4.43. The van der Waals surface area contributed by atoms with Crippen molar-refractivity contribution < 1.29 is 9.18 Å². The molecule has 0 aliphatic heterocycles. The van der Waals surface area contributed by atoms with Gasteiger partial charge >= 0.3 is 0 Å². The molecule has 0 aliphatic carbocycles. The first-order chi connectivity index (χ1) is 7.54. The van der Waals surface area contributed by atoms with E-state index in [-0.39, 0.29) is 24.2 Å². The van der Waals surface area contributed by atoms with E-state index in [2.05, 4.69) is 0 Å². The molecule has 1 amide bonds. The van der Waals surface area contributed by atoms with Crippen LogP contribution in [0.4, 0.5) is 4.39 Å². The van der Waals surface area contributed by atoms with Crippen LogP contribution in [-0.4, -0.2) is 30.4 Å². The molecule has 0 saturated carbocycles. The van der Waals surface area contributed by atoms with E-state index in [0.29, 0.717) is 12.1 Å². The maximum Gasteiger partial charge on any atom is 0.227 e. The molecule has 1 unspecified atom stereocenters. The summed E-state index contributed by atoms with van der Waals surface area (Å²) in [7, 11) is 1.71. The fourth-order valence-electron chi connectivity index (χ4n) is 1.35. The minimum Gasteiger partial charge on any atom is -0.341 e. The average Bonchev–Trinajstić information content (AvgIpc) is 2.27. The summed E-state index contributed by atoms with van der Waals surface area (Å²) in [5.74, 6) is -0.372. The lowest BCUT2D eigenvalue weighted by Gasteiger charge is -2.23. The summed E-state index contributed by atoms with van der Waals surface area (Å²) in [4.78, 5) is 13.4. The standard InChI is InChI=1S/C12H17FN2O/c1-9(8-14)15(2)12(16)7-10-4-3-5-11(13)6-10/h3-6,9H,7-8,14H2,1-2H3. The number of nitrogens with zero attached hydrogens (tertiary/aromatic N) is 1. The number of amides is 1. The first-order valence-corrected chi connectivity index (χ1v) is 5.24. The number of carbonyl (C=O) groups is 1. The first-order valence-electron chi connectivity index (χ1n) is 5.24. The van der Waals surface area contributed by atoms with Crippen molar-refractivity contribution >= 4 is 5.91 Å². The third kappa shape index (κ3) is 3.31. The van der Waals surface area contributed by atoms with Crippen molar-refractivity contribution in [1.82, 2.24) is 4.90 Å². The second kappa shape index (κ2) is 5.61. The van der Waals surface area contributed by atoms with Gasteiger partial charge in [-0.2, -0.15) is 0 Å². The molecule has 0 heterocycles. The Morgan fingerprint density at radius 2 is 2.25 bits per heavy atom. The van der Waals surface area contributed by atoms with Gasteiger partial charge in [0.05, 0.1) is 6.42 Å². The van der Waals surface area contributed by atoms with Crippen molar-refractivity contribution in [1.29, 1.82) is 0 Å². The molecule has 0 fully saturated rings. The number of rotatable bonds is 4. The minimum atomic E-state index is -0.320. The summed E-state index contributed by atoms with van der Waals surface area (Å²) in [5, 5.41) is 0. The Labute approximate surface area is 95.0 Å². The molecule has 88 valence electrons. The van der Waals surface area contributed by atoms with Crippen LogP contribution >= 0.6 is 0 Å². The SMILES string of the molecule is CC(CN)N(C)C(=O)Cc1cccc(F)c1. The average molecular weight is 224 g/mol. The second-order valence-electron chi connectivity index (χ2n) is 3.90. The number of nitrogens with two attached hydrogens (primary N) is 1. The van der Waals surface area contributed by atoms with Crippen molar-refractivity contribution in [2.75, 3.05) is 13.6 Å². The van der Waals surface area contributed by atoms with Crippen molar-refractivity contribution in [2.45, 2.75) is 19.4 Å². The predicted molar refractivity (Wildman–Crippen MR) is 61.4 cm³/mol. The third-order valence-electron chi connectivity index (χ3n) is 2.64. The third-order valence-corrected chi connectivity index (χ3v) is 2.64. The molecule has 1 atom stereocenters. The van der Waals surface area contributed by atoms with E-state index in [0.717, 1.165) is 0 Å². The van der Waals surface area contributed by atoms with Gasteiger partial charge in [-0.1, -0.05) is 12.1 Å². The summed E-state index contributed by atoms with van der Waals surface area (Å²) in [6.07, 6.45) is 0.207. The Morgan fingerprint density at radius 3 is 2.81 bits per heavy atom. The molecular weight excluding hydrogens is 207 g/mol. The van der Waals surface area contributed by atoms with Gasteiger partial charge in [0.25, 0.3) is 0 Å². The van der Waals surface area contributed by atoms with E-state index in [1.54, 1.807) is 24.1 Å². The smallest absolute Gasteiger partial charge is 0.227 e. The van der Waals surface area contributed by atoms with E-state index in [4.69, 9.17) is 5.73 Å². The van der Waals surface area contributed by atoms with Crippen LogP contribution in [0.15, 0.2) is 24.3 Å². The summed E-state index contributed by atoms with van der Waals surface area (Å²) in [6.45, 7) is 2.30. The summed E-state index contributed by atoms with van der Waals surface area (Å²) < 4.78 is 12.9. The molecule has 3 nitrogen and oxygen atoms in total. The van der Waals surface area contributed by atoms with Gasteiger partial charge in [0.15, 0.2) is 0 Å². The van der Waals surface area contributed by atoms with E-state index >= 15 is 0 Å². The summed E-state index contributed by atoms with van der Waals surface area (Å²) in [5.41, 5.74) is 6.16. The number of hydrogen-bond donors (Lipinski definition) is 1. The van der Waals surface area contributed by atoms with E-state index < -0.39 is 0 Å². The summed E-state index contributed by atoms with van der Waals surface area (Å²) >= 11 is 0. The first kappa shape index (κ1) is 12.6. The maximum absolute atomic E-state index is 12.9. The van der Waals surface area contributed by atoms with Gasteiger partial charge in [0, 0.05) is 19.6 Å². The Bertz CT molecular complexity index is 368. The highest BCUT2D eigenvalue weighted by molar-refractivity contribution is 5.78. The van der Waals surface area contributed by atoms with Gasteiger partial charge in [0.1, 0.15) is 5.82 Å². The number of halogens is 1. The Balaban J connectivity index is 2.64. The van der Waals surface area contributed by atoms with Gasteiger partial charge in [-0.3, -0.25) is 4.79 Å². The molecule has 4 heteroatoms. The van der Waals surface area contributed by atoms with Gasteiger partial charge < -0.3 is 10.6 Å². The van der Waals surface area contributed by atoms with Crippen LogP contribution in [0.1, 0.15) is 12.5 Å². The molecule has 0 spiro atoms. The van der Waals surface area contributed by atoms with Crippen LogP contribution in [0.3, 0.4) is 0 Å². The highest BCUT2D eigenvalue weighted by atomic mass is 19.1. The van der Waals surface area contributed by atoms with Crippen molar-refractivity contribution in [3.63, 3.8) is 0 Å². The largest absolute Gasteiger partial charge is 0.341 e. The zero-order chi connectivity index (χ0) is 12.1. The molecule has 0 radical (unpaired) electrons. The van der Waals surface area contributed by atoms with Gasteiger partial charge in [-0.05, 0) is 24.6 Å². The molecule has 16 heavy (non-hydrogen) atoms. The monoisotopic (exact) mass is 224 g/mol. The van der Waals surface area contributed by atoms with E-state index in [1.807, 2.05) is 6.92 Å². The predicted octanol–water partition coefficient (Wildman–Crippen LogP) is 1.17. The number of hydrogen-bond acceptors (Lipinski definition) is 2. The van der Waals surface area contributed by atoms with Gasteiger partial charge in [-0.25, -0.2) is 4.39 Å². The Morgan fingerprint density at radius 1 is 1.56 bits per heavy atom. The molecule has 0 aliphatic rings. The number of likely N-dealkylation sites (N-methyl/N-ethyl adjacent to an activating group) is 1. The van der Waals surface area contributed by atoms with Crippen LogP contribution in [0, 0.1) is 5.82 Å². The highest BCUT2D eigenvalue weighted by Gasteiger charge is 2.14. The molecular formula is C12H17FN2O. The molecule has 0 saturated heterocycles. The van der Waals surface area contributed by atoms with E-state index in [1.165, 1.54) is 12.1 Å². The van der Waals surface area contributed by atoms with Crippen LogP contribution in [0.2, 0.25) is 0 Å². The van der Waals surface area contributed by atoms with Crippen LogP contribution < -0.4 is 5.73 Å². The molecule has 1 rings (SSSR count). The lowest BCUT2D eigenvalue weighted by molar-refractivity contribution is -0.130. The topological polar surface area (TPSA) is 46.3 Å². The van der Waals surface area contributed by atoms with Gasteiger partial charge in [0.2, 0.25) is 5.91 Å². The van der Waals surface area contributed by atoms with Crippen molar-refractivity contribution in [3.8, 4) is 0 Å². The molecule has 1 aromatic carbocycles. The lowest BCUT2D eigenvalue weighted by atomic mass is 10.1. The quantitative estimate of drug-likeness (QED) is 0.834. The Hall–Kier alpha value is -1.42. The van der Waals surface area contributed by atoms with Crippen LogP contribution in [0.25, 0.3) is 0 Å². The summed E-state index contributed by atoms with van der Waals surface area (Å²) in [6, 6.07) is 6.08. The molecule has 1 aromatic rings. The van der Waals surface area contributed by atoms with Crippen LogP contribution in [-0.2, 0) is 11.2 Å². The number of carbonyl (C=O) groups excluding carboxylic acids is 1. The fourth-order valence-corrected chi connectivity index (χ4v) is 1.35. The molecule has 2 N–H and O–H groups in total. The molecule has 0 aromatic heterocycles. The zero-order valence-electron chi connectivity index (χ0n) is 9.61. The number of benzene rings is 1. The van der Waals surface area contributed by atoms with Crippen molar-refractivity contribution in [2.24, 2.45) is 5.73 Å². The molecule has 0 bridgehead atoms. The van der Waals surface area contributed by atoms with E-state index in [9.17, 15) is 9.18 Å². The lowest BCUT2D eigenvalue weighted by Crippen LogP contribution is -2.40. The minimum absolute atomic E-state index is 0.000981. The zero-order valence-corrected chi connectivity index (χ0v) is 9.61. The van der Waals surface area contributed by atoms with Crippen molar-refractivity contribution in [3.05, 3.63) is 35.6 Å². The van der Waals surface area contributed by atoms with Gasteiger partial charge in [-0.15, -0.1) is 0 Å². The normalized spacial score (nSPS) is 12.2. The highest BCUT2D eigenvalue weighted by Crippen LogP contribution is 2.06.